The Labute approximate surface area is 329 Å². The van der Waals surface area contributed by atoms with E-state index >= 15 is 0 Å². The topological polar surface area (TPSA) is 144 Å². The van der Waals surface area contributed by atoms with Gasteiger partial charge in [-0.1, -0.05) is 24.3 Å². The van der Waals surface area contributed by atoms with E-state index in [9.17, 15) is 27.6 Å². The fraction of sp³-hybridized carbons (Fsp3) is 0.366. The average molecular weight is 796 g/mol. The largest absolute Gasteiger partial charge is 0.416 e. The van der Waals surface area contributed by atoms with Gasteiger partial charge in [0.15, 0.2) is 0 Å². The number of hydrogen-bond acceptors (Lipinski definition) is 9. The number of amides is 3. The molecule has 11 nitrogen and oxygen atoms in total. The zero-order valence-corrected chi connectivity index (χ0v) is 32.3. The monoisotopic (exact) mass is 795 g/mol. The number of pyridine rings is 1. The van der Waals surface area contributed by atoms with Gasteiger partial charge >= 0.3 is 6.18 Å². The highest BCUT2D eigenvalue weighted by Gasteiger charge is 2.30. The first kappa shape index (κ1) is 43.8. The minimum Gasteiger partial charge on any atom is -0.395 e. The van der Waals surface area contributed by atoms with Crippen LogP contribution in [0.2, 0.25) is 0 Å². The lowest BCUT2D eigenvalue weighted by Gasteiger charge is -2.23. The maximum absolute atomic E-state index is 13.6. The number of rotatable bonds is 21. The number of carbonyl (C=O) groups excluding carboxylic acids is 3. The Bertz CT molecular complexity index is 1900. The molecule has 0 atom stereocenters. The van der Waals surface area contributed by atoms with Crippen LogP contribution in [-0.2, 0) is 28.0 Å². The summed E-state index contributed by atoms with van der Waals surface area (Å²) in [4.78, 5) is 47.1. The smallest absolute Gasteiger partial charge is 0.395 e. The number of alkyl halides is 3. The first-order chi connectivity index (χ1) is 27.0. The Morgan fingerprint density at radius 1 is 0.839 bits per heavy atom. The molecule has 15 heteroatoms. The van der Waals surface area contributed by atoms with Crippen LogP contribution in [0.15, 0.2) is 85.1 Å². The summed E-state index contributed by atoms with van der Waals surface area (Å²) in [6, 6.07) is 20.8. The third kappa shape index (κ3) is 13.1. The summed E-state index contributed by atoms with van der Waals surface area (Å²) in [5.74, 6) is 0.269. The van der Waals surface area contributed by atoms with Gasteiger partial charge in [-0.3, -0.25) is 19.4 Å². The van der Waals surface area contributed by atoms with E-state index in [0.29, 0.717) is 46.2 Å². The normalized spacial score (nSPS) is 11.3. The first-order valence-electron chi connectivity index (χ1n) is 18.3. The van der Waals surface area contributed by atoms with E-state index in [2.05, 4.69) is 20.5 Å². The lowest BCUT2D eigenvalue weighted by atomic mass is 10.0. The van der Waals surface area contributed by atoms with E-state index in [1.165, 1.54) is 29.3 Å². The molecule has 4 N–H and O–H groups in total. The van der Waals surface area contributed by atoms with E-state index in [1.54, 1.807) is 30.0 Å². The number of thioether (sulfide) groups is 1. The lowest BCUT2D eigenvalue weighted by Crippen LogP contribution is -2.36. The van der Waals surface area contributed by atoms with Crippen LogP contribution in [0.3, 0.4) is 0 Å². The minimum atomic E-state index is -4.50. The lowest BCUT2D eigenvalue weighted by molar-refractivity contribution is -0.137. The second-order valence-corrected chi connectivity index (χ2v) is 13.7. The van der Waals surface area contributed by atoms with Gasteiger partial charge in [-0.2, -0.15) is 24.9 Å². The number of nitrogens with one attached hydrogen (secondary N) is 2. The van der Waals surface area contributed by atoms with E-state index in [1.807, 2.05) is 44.2 Å². The van der Waals surface area contributed by atoms with Gasteiger partial charge in [0.05, 0.1) is 49.8 Å². The minimum absolute atomic E-state index is 0.106. The number of nitrogens with zero attached hydrogens (tertiary/aromatic N) is 3. The van der Waals surface area contributed by atoms with Crippen molar-refractivity contribution < 1.29 is 42.5 Å². The van der Waals surface area contributed by atoms with Crippen molar-refractivity contribution in [1.29, 1.82) is 0 Å². The summed E-state index contributed by atoms with van der Waals surface area (Å²) < 4.78 is 45.2. The molecule has 1 aromatic heterocycles. The summed E-state index contributed by atoms with van der Waals surface area (Å²) in [7, 11) is 0. The Morgan fingerprint density at radius 3 is 2.27 bits per heavy atom. The molecule has 56 heavy (non-hydrogen) atoms. The zero-order chi connectivity index (χ0) is 40.5. The molecule has 0 saturated heterocycles. The van der Waals surface area contributed by atoms with Crippen molar-refractivity contribution in [1.82, 2.24) is 15.2 Å². The predicted molar refractivity (Wildman–Crippen MR) is 213 cm³/mol. The van der Waals surface area contributed by atoms with Crippen LogP contribution in [-0.4, -0.2) is 96.2 Å². The number of aliphatic hydroxyl groups excluding tert-OH is 2. The highest BCUT2D eigenvalue weighted by atomic mass is 32.2. The van der Waals surface area contributed by atoms with Crippen molar-refractivity contribution in [2.45, 2.75) is 38.7 Å². The Morgan fingerprint density at radius 2 is 1.55 bits per heavy atom. The molecule has 0 aliphatic heterocycles. The van der Waals surface area contributed by atoms with Crippen LogP contribution in [0.4, 0.5) is 24.5 Å². The molecule has 0 bridgehead atoms. The zero-order valence-electron chi connectivity index (χ0n) is 31.5. The summed E-state index contributed by atoms with van der Waals surface area (Å²) >= 11 is 1.62. The molecule has 0 aliphatic rings. The quantitative estimate of drug-likeness (QED) is 0.0720. The van der Waals surface area contributed by atoms with Gasteiger partial charge < -0.3 is 35.4 Å². The Balaban J connectivity index is 1.41. The maximum atomic E-state index is 13.6. The fourth-order valence-electron chi connectivity index (χ4n) is 5.83. The molecule has 0 aliphatic carbocycles. The molecule has 3 aromatic carbocycles. The molecule has 0 fully saturated rings. The van der Waals surface area contributed by atoms with E-state index in [4.69, 9.17) is 14.9 Å². The van der Waals surface area contributed by atoms with Gasteiger partial charge in [0.25, 0.3) is 11.8 Å². The summed E-state index contributed by atoms with van der Waals surface area (Å²) in [6.45, 7) is 6.07. The Kier molecular flexibility index (Phi) is 17.2. The van der Waals surface area contributed by atoms with Gasteiger partial charge in [-0.25, -0.2) is 0 Å². The van der Waals surface area contributed by atoms with Gasteiger partial charge in [0.2, 0.25) is 5.91 Å². The van der Waals surface area contributed by atoms with E-state index < -0.39 is 17.6 Å². The van der Waals surface area contributed by atoms with Crippen molar-refractivity contribution >= 4 is 40.9 Å². The van der Waals surface area contributed by atoms with Crippen LogP contribution in [0.25, 0.3) is 11.3 Å². The van der Waals surface area contributed by atoms with Crippen molar-refractivity contribution in [2.75, 3.05) is 68.6 Å². The van der Waals surface area contributed by atoms with Crippen molar-refractivity contribution in [3.63, 3.8) is 0 Å². The standard InChI is InChI=1S/C41H48F3N5O6S/c1-3-48(4-2)34-11-12-36(35(26-34)37-25-32(13-15-45-37)39(53)46-27-29-7-6-10-33(24-29)41(42,43)44)47-40(54)31-9-5-8-30(23-31)28-56-22-21-55-20-14-38(52)49(16-18-50)17-19-51/h5-13,15,23-26,50-51H,3-4,14,16-22,27-28H2,1-2H3,(H,46,53)(H,47,54). The summed E-state index contributed by atoms with van der Waals surface area (Å²) in [6.07, 6.45) is -2.86. The first-order valence-corrected chi connectivity index (χ1v) is 19.5. The predicted octanol–water partition coefficient (Wildman–Crippen LogP) is 6.25. The van der Waals surface area contributed by atoms with E-state index in [0.717, 1.165) is 36.5 Å². The number of carbonyl (C=O) groups is 3. The number of benzene rings is 3. The molecule has 1 heterocycles. The SMILES string of the molecule is CCN(CC)c1ccc(NC(=O)c2cccc(CSCCOCCC(=O)N(CCO)CCO)c2)c(-c2cc(C(=O)NCc3cccc(C(F)(F)F)c3)ccn2)c1. The number of anilines is 2. The number of hydrogen-bond donors (Lipinski definition) is 4. The summed E-state index contributed by atoms with van der Waals surface area (Å²) in [5, 5.41) is 23.9. The molecule has 0 spiro atoms. The van der Waals surface area contributed by atoms with Gasteiger partial charge in [0, 0.05) is 72.8 Å². The van der Waals surface area contributed by atoms with Gasteiger partial charge in [-0.05, 0) is 79.6 Å². The van der Waals surface area contributed by atoms with Crippen LogP contribution in [0.1, 0.15) is 57.7 Å². The number of halogens is 3. The van der Waals surface area contributed by atoms with Gasteiger partial charge in [0.1, 0.15) is 0 Å². The average Bonchev–Trinajstić information content (AvgIpc) is 3.20. The van der Waals surface area contributed by atoms with E-state index in [-0.39, 0.29) is 63.3 Å². The van der Waals surface area contributed by atoms with Gasteiger partial charge in [-0.15, -0.1) is 0 Å². The molecule has 0 unspecified atom stereocenters. The van der Waals surface area contributed by atoms with Crippen LogP contribution >= 0.6 is 11.8 Å². The molecule has 0 radical (unpaired) electrons. The second kappa shape index (κ2) is 22.0. The fourth-order valence-corrected chi connectivity index (χ4v) is 6.62. The summed E-state index contributed by atoms with van der Waals surface area (Å²) in [5.41, 5.74) is 3.51. The molecule has 300 valence electrons. The number of aliphatic hydroxyl groups is 2. The van der Waals surface area contributed by atoms with Crippen molar-refractivity contribution in [3.8, 4) is 11.3 Å². The molecule has 0 saturated carbocycles. The van der Waals surface area contributed by atoms with Crippen LogP contribution in [0.5, 0.6) is 0 Å². The maximum Gasteiger partial charge on any atom is 0.416 e. The number of aromatic nitrogens is 1. The Hall–Kier alpha value is -4.96. The molecular formula is C41H48F3N5O6S. The van der Waals surface area contributed by atoms with Crippen LogP contribution < -0.4 is 15.5 Å². The third-order valence-corrected chi connectivity index (χ3v) is 9.76. The molecular weight excluding hydrogens is 748 g/mol. The molecule has 3 amide bonds. The van der Waals surface area contributed by atoms with Crippen LogP contribution in [0, 0.1) is 0 Å². The highest BCUT2D eigenvalue weighted by molar-refractivity contribution is 7.98. The highest BCUT2D eigenvalue weighted by Crippen LogP contribution is 2.33. The third-order valence-electron chi connectivity index (χ3n) is 8.77. The molecule has 4 rings (SSSR count). The molecule has 4 aromatic rings. The van der Waals surface area contributed by atoms with Crippen molar-refractivity contribution in [2.24, 2.45) is 0 Å². The number of ether oxygens (including phenoxy) is 1. The van der Waals surface area contributed by atoms with Crippen molar-refractivity contribution in [3.05, 3.63) is 113 Å². The second-order valence-electron chi connectivity index (χ2n) is 12.6.